The summed E-state index contributed by atoms with van der Waals surface area (Å²) in [5, 5.41) is 10.2. The van der Waals surface area contributed by atoms with Crippen LogP contribution < -0.4 is 5.32 Å². The van der Waals surface area contributed by atoms with Crippen molar-refractivity contribution in [3.05, 3.63) is 199 Å². The highest BCUT2D eigenvalue weighted by Gasteiger charge is 2.25. The molecule has 0 atom stereocenters. The van der Waals surface area contributed by atoms with E-state index in [1.54, 1.807) is 0 Å². The standard InChI is InChI=1S/C51H32N4O2/c1-4-13-31(14-5-1)49-52-50(32-15-6-2-7-16-32)54-51(53-49)38-20-12-22-44-46(38)40-30-34(24-27-43(40)57-44)33-23-26-41-39(29-33)36-25-28-45-47(37-19-10-11-21-42(37)56-45)48(36)55(41)35-17-8-3-9-18-35/h1-30,51H,(H,52,53,54). The predicted octanol–water partition coefficient (Wildman–Crippen LogP) is 12.7. The molecule has 0 unspecified atom stereocenters. The molecule has 0 saturated heterocycles. The Morgan fingerprint density at radius 3 is 1.74 bits per heavy atom. The number of hydrogen-bond donors (Lipinski definition) is 1. The first-order valence-corrected chi connectivity index (χ1v) is 19.2. The topological polar surface area (TPSA) is 68.0 Å². The van der Waals surface area contributed by atoms with Gasteiger partial charge in [-0.05, 0) is 71.8 Å². The largest absolute Gasteiger partial charge is 0.456 e. The Hall–Kier alpha value is -7.70. The average Bonchev–Trinajstić information content (AvgIpc) is 3.96. The number of aliphatic imine (C=N–C) groups is 2. The third-order valence-corrected chi connectivity index (χ3v) is 11.3. The molecule has 0 amide bonds. The number of benzene rings is 8. The Morgan fingerprint density at radius 1 is 0.421 bits per heavy atom. The van der Waals surface area contributed by atoms with Crippen LogP contribution in [0.1, 0.15) is 22.9 Å². The second-order valence-corrected chi connectivity index (χ2v) is 14.6. The molecule has 6 nitrogen and oxygen atoms in total. The Labute approximate surface area is 326 Å². The molecule has 0 fully saturated rings. The molecule has 3 aromatic heterocycles. The zero-order chi connectivity index (χ0) is 37.5. The Kier molecular flexibility index (Phi) is 6.89. The molecule has 0 spiro atoms. The van der Waals surface area contributed by atoms with Crippen LogP contribution in [0.5, 0.6) is 0 Å². The van der Waals surface area contributed by atoms with Crippen molar-refractivity contribution in [2.24, 2.45) is 9.98 Å². The third-order valence-electron chi connectivity index (χ3n) is 11.3. The molecule has 1 N–H and O–H groups in total. The quantitative estimate of drug-likeness (QED) is 0.192. The second kappa shape index (κ2) is 12.4. The van der Waals surface area contributed by atoms with E-state index in [1.165, 1.54) is 10.8 Å². The van der Waals surface area contributed by atoms with Gasteiger partial charge in [0.15, 0.2) is 6.17 Å². The van der Waals surface area contributed by atoms with Crippen LogP contribution >= 0.6 is 0 Å². The molecule has 4 heterocycles. The summed E-state index contributed by atoms with van der Waals surface area (Å²) >= 11 is 0. The fraction of sp³-hybridized carbons (Fsp3) is 0.0196. The molecule has 0 bridgehead atoms. The number of aromatic nitrogens is 1. The minimum Gasteiger partial charge on any atom is -0.456 e. The van der Waals surface area contributed by atoms with Gasteiger partial charge in [0.05, 0.1) is 16.4 Å². The molecule has 11 aromatic rings. The summed E-state index contributed by atoms with van der Waals surface area (Å²) in [7, 11) is 0. The molecule has 57 heavy (non-hydrogen) atoms. The van der Waals surface area contributed by atoms with Gasteiger partial charge in [-0.25, -0.2) is 9.98 Å². The summed E-state index contributed by atoms with van der Waals surface area (Å²) in [6, 6.07) is 63.2. The van der Waals surface area contributed by atoms with Gasteiger partial charge in [0.1, 0.15) is 34.0 Å². The highest BCUT2D eigenvalue weighted by molar-refractivity contribution is 6.25. The average molecular weight is 733 g/mol. The first kappa shape index (κ1) is 31.6. The van der Waals surface area contributed by atoms with Crippen molar-refractivity contribution < 1.29 is 8.83 Å². The van der Waals surface area contributed by atoms with Crippen molar-refractivity contribution in [1.82, 2.24) is 9.88 Å². The van der Waals surface area contributed by atoms with Crippen LogP contribution in [0, 0.1) is 0 Å². The number of nitrogens with zero attached hydrogens (tertiary/aromatic N) is 3. The van der Waals surface area contributed by atoms with Crippen molar-refractivity contribution in [3.63, 3.8) is 0 Å². The molecular formula is C51H32N4O2. The fourth-order valence-corrected chi connectivity index (χ4v) is 8.66. The molecule has 0 aliphatic carbocycles. The smallest absolute Gasteiger partial charge is 0.170 e. The molecule has 1 aliphatic heterocycles. The van der Waals surface area contributed by atoms with Crippen LogP contribution in [0.15, 0.2) is 201 Å². The van der Waals surface area contributed by atoms with E-state index in [9.17, 15) is 0 Å². The lowest BCUT2D eigenvalue weighted by molar-refractivity contribution is 0.667. The zero-order valence-electron chi connectivity index (χ0n) is 30.6. The van der Waals surface area contributed by atoms with Gasteiger partial charge in [0.2, 0.25) is 0 Å². The molecule has 6 heteroatoms. The van der Waals surface area contributed by atoms with Gasteiger partial charge in [-0.15, -0.1) is 0 Å². The van der Waals surface area contributed by atoms with E-state index in [1.807, 2.05) is 60.7 Å². The number of fused-ring (bicyclic) bond motifs is 10. The number of nitrogens with one attached hydrogen (secondary N) is 1. The normalized spacial score (nSPS) is 13.5. The Morgan fingerprint density at radius 2 is 1.00 bits per heavy atom. The van der Waals surface area contributed by atoms with Gasteiger partial charge in [-0.2, -0.15) is 0 Å². The summed E-state index contributed by atoms with van der Waals surface area (Å²) in [5.41, 5.74) is 12.0. The van der Waals surface area contributed by atoms with Gasteiger partial charge >= 0.3 is 0 Å². The lowest BCUT2D eigenvalue weighted by Crippen LogP contribution is -2.36. The van der Waals surface area contributed by atoms with E-state index in [-0.39, 0.29) is 0 Å². The van der Waals surface area contributed by atoms with E-state index >= 15 is 0 Å². The van der Waals surface area contributed by atoms with Crippen LogP contribution in [0.3, 0.4) is 0 Å². The monoisotopic (exact) mass is 732 g/mol. The second-order valence-electron chi connectivity index (χ2n) is 14.6. The van der Waals surface area contributed by atoms with Gasteiger partial charge < -0.3 is 18.7 Å². The third kappa shape index (κ3) is 4.97. The maximum atomic E-state index is 6.52. The molecule has 8 aromatic carbocycles. The first-order valence-electron chi connectivity index (χ1n) is 19.2. The number of amidine groups is 2. The van der Waals surface area contributed by atoms with Crippen LogP contribution in [0.25, 0.3) is 82.5 Å². The fourth-order valence-electron chi connectivity index (χ4n) is 8.66. The molecule has 1 aliphatic rings. The van der Waals surface area contributed by atoms with Crippen LogP contribution in [0.2, 0.25) is 0 Å². The van der Waals surface area contributed by atoms with Crippen LogP contribution in [-0.4, -0.2) is 16.2 Å². The highest BCUT2D eigenvalue weighted by Crippen LogP contribution is 2.43. The maximum Gasteiger partial charge on any atom is 0.170 e. The minimum atomic E-state index is -0.485. The molecule has 0 radical (unpaired) electrons. The van der Waals surface area contributed by atoms with Crippen LogP contribution in [0.4, 0.5) is 0 Å². The summed E-state index contributed by atoms with van der Waals surface area (Å²) in [6.07, 6.45) is -0.485. The van der Waals surface area contributed by atoms with Crippen molar-refractivity contribution in [1.29, 1.82) is 0 Å². The molecular weight excluding hydrogens is 701 g/mol. The SMILES string of the molecule is c1ccc(C2=NC(c3cccc4oc5ccc(-c6ccc7c(c6)c6ccc8oc9ccccc9c8c6n7-c6ccccc6)cc5c34)N=C(c3ccccc3)N2)cc1. The van der Waals surface area contributed by atoms with E-state index in [0.29, 0.717) is 0 Å². The minimum absolute atomic E-state index is 0.485. The number of para-hydroxylation sites is 2. The van der Waals surface area contributed by atoms with Gasteiger partial charge in [0, 0.05) is 49.3 Å². The maximum absolute atomic E-state index is 6.52. The summed E-state index contributed by atoms with van der Waals surface area (Å²) in [4.78, 5) is 10.4. The molecule has 0 saturated carbocycles. The van der Waals surface area contributed by atoms with E-state index in [4.69, 9.17) is 18.8 Å². The Balaban J connectivity index is 1.05. The van der Waals surface area contributed by atoms with Gasteiger partial charge in [-0.3, -0.25) is 0 Å². The number of hydrogen-bond acceptors (Lipinski definition) is 5. The summed E-state index contributed by atoms with van der Waals surface area (Å²) < 4.78 is 15.3. The summed E-state index contributed by atoms with van der Waals surface area (Å²) in [6.45, 7) is 0. The van der Waals surface area contributed by atoms with Gasteiger partial charge in [0.25, 0.3) is 0 Å². The number of furan rings is 2. The van der Waals surface area contributed by atoms with Crippen LogP contribution in [-0.2, 0) is 0 Å². The number of rotatable bonds is 5. The van der Waals surface area contributed by atoms with Gasteiger partial charge in [-0.1, -0.05) is 121 Å². The van der Waals surface area contributed by atoms with Crippen molar-refractivity contribution in [3.8, 4) is 16.8 Å². The predicted molar refractivity (Wildman–Crippen MR) is 233 cm³/mol. The molecule has 12 rings (SSSR count). The Bertz CT molecular complexity index is 3370. The van der Waals surface area contributed by atoms with E-state index in [2.05, 4.69) is 131 Å². The van der Waals surface area contributed by atoms with Crippen molar-refractivity contribution in [2.45, 2.75) is 6.17 Å². The van der Waals surface area contributed by atoms with E-state index in [0.717, 1.165) is 100 Å². The highest BCUT2D eigenvalue weighted by atomic mass is 16.3. The van der Waals surface area contributed by atoms with Crippen molar-refractivity contribution in [2.75, 3.05) is 0 Å². The van der Waals surface area contributed by atoms with Crippen molar-refractivity contribution >= 4 is 77.4 Å². The lowest BCUT2D eigenvalue weighted by Gasteiger charge is -2.22. The first-order chi connectivity index (χ1) is 28.2. The molecule has 268 valence electrons. The van der Waals surface area contributed by atoms with E-state index < -0.39 is 6.17 Å². The summed E-state index contributed by atoms with van der Waals surface area (Å²) in [5.74, 6) is 1.56. The zero-order valence-corrected chi connectivity index (χ0v) is 30.6. The lowest BCUT2D eigenvalue weighted by atomic mass is 9.98.